The molecule has 1 aromatic carbocycles. The van der Waals surface area contributed by atoms with Crippen LogP contribution in [0.25, 0.3) is 0 Å². The second kappa shape index (κ2) is 6.03. The number of allylic oxidation sites excluding steroid dienone is 2. The van der Waals surface area contributed by atoms with Crippen molar-refractivity contribution >= 4 is 5.91 Å². The maximum absolute atomic E-state index is 12.7. The predicted octanol–water partition coefficient (Wildman–Crippen LogP) is 2.87. The first-order chi connectivity index (χ1) is 10.6. The quantitative estimate of drug-likeness (QED) is 0.785. The molecule has 0 heterocycles. The zero-order valence-electron chi connectivity index (χ0n) is 13.4. The number of ether oxygens (including phenoxy) is 2. The highest BCUT2D eigenvalue weighted by molar-refractivity contribution is 5.80. The smallest absolute Gasteiger partial charge is 0.226 e. The van der Waals surface area contributed by atoms with Gasteiger partial charge in [-0.2, -0.15) is 0 Å². The van der Waals surface area contributed by atoms with E-state index in [1.54, 1.807) is 14.2 Å². The van der Waals surface area contributed by atoms with Gasteiger partial charge in [-0.25, -0.2) is 0 Å². The summed E-state index contributed by atoms with van der Waals surface area (Å²) in [6.07, 6.45) is 6.63. The molecule has 3 rings (SSSR count). The summed E-state index contributed by atoms with van der Waals surface area (Å²) < 4.78 is 10.8. The molecule has 3 atom stereocenters. The van der Waals surface area contributed by atoms with Crippen LogP contribution in [0.4, 0.5) is 0 Å². The number of benzene rings is 1. The summed E-state index contributed by atoms with van der Waals surface area (Å²) in [6, 6.07) is 5.77. The number of nitrogens with zero attached hydrogens (tertiary/aromatic N) is 1. The molecular formula is C18H23NO3. The molecule has 1 aromatic rings. The zero-order chi connectivity index (χ0) is 15.7. The van der Waals surface area contributed by atoms with Crippen LogP contribution in [0.5, 0.6) is 11.5 Å². The van der Waals surface area contributed by atoms with E-state index in [2.05, 4.69) is 12.2 Å². The Balaban J connectivity index is 1.73. The van der Waals surface area contributed by atoms with Crippen LogP contribution in [-0.4, -0.2) is 32.1 Å². The molecule has 0 spiro atoms. The average molecular weight is 301 g/mol. The highest BCUT2D eigenvalue weighted by Crippen LogP contribution is 2.44. The summed E-state index contributed by atoms with van der Waals surface area (Å²) in [7, 11) is 5.12. The average Bonchev–Trinajstić information content (AvgIpc) is 3.16. The number of para-hydroxylation sites is 1. The van der Waals surface area contributed by atoms with Gasteiger partial charge in [0.2, 0.25) is 5.91 Å². The van der Waals surface area contributed by atoms with Crippen molar-refractivity contribution in [2.45, 2.75) is 19.4 Å². The fourth-order valence-corrected chi connectivity index (χ4v) is 3.76. The number of amides is 1. The van der Waals surface area contributed by atoms with Crippen molar-refractivity contribution < 1.29 is 14.3 Å². The Kier molecular flexibility index (Phi) is 4.10. The Labute approximate surface area is 131 Å². The van der Waals surface area contributed by atoms with Crippen molar-refractivity contribution in [3.05, 3.63) is 35.9 Å². The third kappa shape index (κ3) is 2.58. The van der Waals surface area contributed by atoms with E-state index in [0.717, 1.165) is 18.4 Å². The van der Waals surface area contributed by atoms with E-state index in [4.69, 9.17) is 9.47 Å². The first kappa shape index (κ1) is 14.9. The van der Waals surface area contributed by atoms with Gasteiger partial charge in [-0.15, -0.1) is 0 Å². The lowest BCUT2D eigenvalue weighted by Gasteiger charge is -2.25. The van der Waals surface area contributed by atoms with Crippen molar-refractivity contribution in [2.75, 3.05) is 21.3 Å². The molecule has 1 fully saturated rings. The van der Waals surface area contributed by atoms with Crippen LogP contribution in [0.2, 0.25) is 0 Å². The second-order valence-electron chi connectivity index (χ2n) is 6.23. The lowest BCUT2D eigenvalue weighted by Crippen LogP contribution is -2.34. The fourth-order valence-electron chi connectivity index (χ4n) is 3.76. The van der Waals surface area contributed by atoms with E-state index >= 15 is 0 Å². The van der Waals surface area contributed by atoms with Gasteiger partial charge in [0.1, 0.15) is 0 Å². The summed E-state index contributed by atoms with van der Waals surface area (Å²) in [5.74, 6) is 2.84. The molecule has 0 aliphatic heterocycles. The summed E-state index contributed by atoms with van der Waals surface area (Å²) in [5, 5.41) is 0. The lowest BCUT2D eigenvalue weighted by molar-refractivity contribution is -0.135. The molecule has 22 heavy (non-hydrogen) atoms. The van der Waals surface area contributed by atoms with Gasteiger partial charge in [0.25, 0.3) is 0 Å². The summed E-state index contributed by atoms with van der Waals surface area (Å²) in [4.78, 5) is 14.5. The molecule has 0 aromatic heterocycles. The fraction of sp³-hybridized carbons (Fsp3) is 0.500. The zero-order valence-corrected chi connectivity index (χ0v) is 13.4. The molecule has 2 aliphatic rings. The third-order valence-corrected chi connectivity index (χ3v) is 4.86. The Morgan fingerprint density at radius 3 is 2.64 bits per heavy atom. The van der Waals surface area contributed by atoms with Crippen LogP contribution in [0.3, 0.4) is 0 Å². The molecule has 4 nitrogen and oxygen atoms in total. The minimum absolute atomic E-state index is 0.150. The largest absolute Gasteiger partial charge is 0.493 e. The van der Waals surface area contributed by atoms with Crippen LogP contribution in [-0.2, 0) is 11.3 Å². The third-order valence-electron chi connectivity index (χ3n) is 4.86. The maximum atomic E-state index is 12.7. The first-order valence-electron chi connectivity index (χ1n) is 7.77. The van der Waals surface area contributed by atoms with Crippen molar-refractivity contribution in [1.29, 1.82) is 0 Å². The topological polar surface area (TPSA) is 38.8 Å². The predicted molar refractivity (Wildman–Crippen MR) is 84.9 cm³/mol. The van der Waals surface area contributed by atoms with Gasteiger partial charge in [-0.1, -0.05) is 24.3 Å². The summed E-state index contributed by atoms with van der Waals surface area (Å²) in [6.45, 7) is 0.538. The van der Waals surface area contributed by atoms with Crippen molar-refractivity contribution in [3.8, 4) is 11.5 Å². The molecule has 0 unspecified atom stereocenters. The Hall–Kier alpha value is -1.97. The number of hydrogen-bond acceptors (Lipinski definition) is 3. The number of hydrogen-bond donors (Lipinski definition) is 0. The standard InChI is InChI=1S/C18H23NO3/c1-19(18(20)15-10-12-7-8-13(15)9-12)11-14-5-4-6-16(21-2)17(14)22-3/h4-8,12-13,15H,9-11H2,1-3H3/t12-,13-,15-/m0/s1. The summed E-state index contributed by atoms with van der Waals surface area (Å²) >= 11 is 0. The number of carbonyl (C=O) groups is 1. The van der Waals surface area contributed by atoms with E-state index in [-0.39, 0.29) is 11.8 Å². The number of fused-ring (bicyclic) bond motifs is 2. The highest BCUT2D eigenvalue weighted by atomic mass is 16.5. The second-order valence-corrected chi connectivity index (χ2v) is 6.23. The van der Waals surface area contributed by atoms with Crippen LogP contribution < -0.4 is 9.47 Å². The Bertz CT molecular complexity index is 596. The number of carbonyl (C=O) groups excluding carboxylic acids is 1. The van der Waals surface area contributed by atoms with E-state index in [1.165, 1.54) is 0 Å². The van der Waals surface area contributed by atoms with Gasteiger partial charge in [-0.05, 0) is 30.7 Å². The van der Waals surface area contributed by atoms with Crippen LogP contribution in [0.1, 0.15) is 18.4 Å². The minimum atomic E-state index is 0.150. The molecule has 0 N–H and O–H groups in total. The van der Waals surface area contributed by atoms with Crippen molar-refractivity contribution in [3.63, 3.8) is 0 Å². The van der Waals surface area contributed by atoms with Crippen LogP contribution >= 0.6 is 0 Å². The summed E-state index contributed by atoms with van der Waals surface area (Å²) in [5.41, 5.74) is 0.969. The molecule has 1 amide bonds. The number of methoxy groups -OCH3 is 2. The Morgan fingerprint density at radius 1 is 1.23 bits per heavy atom. The van der Waals surface area contributed by atoms with Gasteiger partial charge in [-0.3, -0.25) is 4.79 Å². The van der Waals surface area contributed by atoms with Crippen molar-refractivity contribution in [2.24, 2.45) is 17.8 Å². The Morgan fingerprint density at radius 2 is 2.05 bits per heavy atom. The van der Waals surface area contributed by atoms with E-state index in [0.29, 0.717) is 29.9 Å². The molecule has 2 aliphatic carbocycles. The molecule has 118 valence electrons. The van der Waals surface area contributed by atoms with Crippen LogP contribution in [0.15, 0.2) is 30.4 Å². The van der Waals surface area contributed by atoms with E-state index < -0.39 is 0 Å². The monoisotopic (exact) mass is 301 g/mol. The molecule has 0 saturated heterocycles. The molecular weight excluding hydrogens is 278 g/mol. The molecule has 0 radical (unpaired) electrons. The van der Waals surface area contributed by atoms with Gasteiger partial charge < -0.3 is 14.4 Å². The maximum Gasteiger partial charge on any atom is 0.226 e. The SMILES string of the molecule is COc1cccc(CN(C)C(=O)[C@H]2C[C@H]3C=C[C@H]2C3)c1OC. The highest BCUT2D eigenvalue weighted by Gasteiger charge is 2.40. The molecule has 2 bridgehead atoms. The molecule has 1 saturated carbocycles. The van der Waals surface area contributed by atoms with E-state index in [9.17, 15) is 4.79 Å². The van der Waals surface area contributed by atoms with Gasteiger partial charge >= 0.3 is 0 Å². The normalized spacial score (nSPS) is 25.3. The molecule has 4 heteroatoms. The van der Waals surface area contributed by atoms with Crippen molar-refractivity contribution in [1.82, 2.24) is 4.90 Å². The number of rotatable bonds is 5. The van der Waals surface area contributed by atoms with Gasteiger partial charge in [0.05, 0.1) is 14.2 Å². The minimum Gasteiger partial charge on any atom is -0.493 e. The van der Waals surface area contributed by atoms with E-state index in [1.807, 2.05) is 30.1 Å². The van der Waals surface area contributed by atoms with Crippen LogP contribution in [0, 0.1) is 17.8 Å². The first-order valence-corrected chi connectivity index (χ1v) is 7.77. The van der Waals surface area contributed by atoms with Gasteiger partial charge in [0.15, 0.2) is 11.5 Å². The lowest BCUT2D eigenvalue weighted by atomic mass is 9.92. The van der Waals surface area contributed by atoms with Gasteiger partial charge in [0, 0.05) is 25.1 Å².